The molecule has 0 unspecified atom stereocenters. The Kier molecular flexibility index (Phi) is 4.20. The Bertz CT molecular complexity index is 497. The van der Waals surface area contributed by atoms with Crippen molar-refractivity contribution in [3.05, 3.63) is 34.9 Å². The van der Waals surface area contributed by atoms with Crippen LogP contribution in [0.5, 0.6) is 0 Å². The maximum atomic E-state index is 12.2. The summed E-state index contributed by atoms with van der Waals surface area (Å²) >= 11 is 0. The number of hydrogen-bond donors (Lipinski definition) is 1. The fraction of sp³-hybridized carbons (Fsp3) is 0.467. The highest BCUT2D eigenvalue weighted by molar-refractivity contribution is 5.86. The summed E-state index contributed by atoms with van der Waals surface area (Å²) < 4.78 is 0. The molecule has 4 heteroatoms. The van der Waals surface area contributed by atoms with Gasteiger partial charge >= 0.3 is 0 Å². The summed E-state index contributed by atoms with van der Waals surface area (Å²) in [4.78, 5) is 25.3. The van der Waals surface area contributed by atoms with Crippen molar-refractivity contribution in [1.29, 1.82) is 0 Å². The van der Waals surface area contributed by atoms with Gasteiger partial charge in [0.25, 0.3) is 0 Å². The van der Waals surface area contributed by atoms with Gasteiger partial charge in [-0.15, -0.1) is 0 Å². The van der Waals surface area contributed by atoms with E-state index in [0.717, 1.165) is 12.0 Å². The van der Waals surface area contributed by atoms with Gasteiger partial charge < -0.3 is 10.2 Å². The molecule has 2 rings (SSSR count). The summed E-state index contributed by atoms with van der Waals surface area (Å²) in [5, 5.41) is 2.78. The summed E-state index contributed by atoms with van der Waals surface area (Å²) in [6, 6.07) is 6.07. The molecule has 1 fully saturated rings. The lowest BCUT2D eigenvalue weighted by atomic mass is 10.0. The minimum atomic E-state index is -0.0639. The third-order valence-corrected chi connectivity index (χ3v) is 3.54. The van der Waals surface area contributed by atoms with Crippen molar-refractivity contribution in [3.63, 3.8) is 0 Å². The van der Waals surface area contributed by atoms with E-state index in [1.807, 2.05) is 25.1 Å². The summed E-state index contributed by atoms with van der Waals surface area (Å²) in [5.41, 5.74) is 3.43. The lowest BCUT2D eigenvalue weighted by Crippen LogP contribution is -2.38. The van der Waals surface area contributed by atoms with Gasteiger partial charge in [0, 0.05) is 13.1 Å². The molecule has 0 saturated carbocycles. The Labute approximate surface area is 113 Å². The van der Waals surface area contributed by atoms with E-state index in [2.05, 4.69) is 12.2 Å². The van der Waals surface area contributed by atoms with Crippen LogP contribution in [0.25, 0.3) is 0 Å². The van der Waals surface area contributed by atoms with Crippen LogP contribution >= 0.6 is 0 Å². The quantitative estimate of drug-likeness (QED) is 0.868. The Hall–Kier alpha value is -1.84. The van der Waals surface area contributed by atoms with Gasteiger partial charge in [-0.2, -0.15) is 0 Å². The summed E-state index contributed by atoms with van der Waals surface area (Å²) in [6.07, 6.45) is 1.19. The maximum absolute atomic E-state index is 12.2. The van der Waals surface area contributed by atoms with Gasteiger partial charge in [-0.25, -0.2) is 0 Å². The van der Waals surface area contributed by atoms with Gasteiger partial charge in [0.15, 0.2) is 0 Å². The Balaban J connectivity index is 2.03. The molecular formula is C15H20N2O2. The number of rotatable bonds is 2. The molecule has 0 aromatic heterocycles. The topological polar surface area (TPSA) is 49.4 Å². The number of amides is 2. The summed E-state index contributed by atoms with van der Waals surface area (Å²) in [6.45, 7) is 5.60. The average Bonchev–Trinajstić information content (AvgIpc) is 2.58. The van der Waals surface area contributed by atoms with Crippen LogP contribution in [-0.2, 0) is 16.0 Å². The van der Waals surface area contributed by atoms with E-state index in [0.29, 0.717) is 19.5 Å². The third-order valence-electron chi connectivity index (χ3n) is 3.54. The molecule has 0 bridgehead atoms. The van der Waals surface area contributed by atoms with E-state index in [-0.39, 0.29) is 18.4 Å². The molecule has 1 aromatic carbocycles. The molecule has 1 aliphatic rings. The molecule has 2 amide bonds. The first-order valence-corrected chi connectivity index (χ1v) is 6.67. The van der Waals surface area contributed by atoms with Crippen molar-refractivity contribution in [2.75, 3.05) is 19.6 Å². The second kappa shape index (κ2) is 5.87. The number of hydrogen-bond acceptors (Lipinski definition) is 2. The zero-order chi connectivity index (χ0) is 13.8. The van der Waals surface area contributed by atoms with Crippen molar-refractivity contribution in [3.8, 4) is 0 Å². The lowest BCUT2D eigenvalue weighted by molar-refractivity contribution is -0.134. The van der Waals surface area contributed by atoms with Crippen LogP contribution in [0.3, 0.4) is 0 Å². The van der Waals surface area contributed by atoms with Crippen molar-refractivity contribution in [1.82, 2.24) is 10.2 Å². The molecule has 102 valence electrons. The number of carbonyl (C=O) groups excluding carboxylic acids is 2. The first kappa shape index (κ1) is 13.6. The highest BCUT2D eigenvalue weighted by Crippen LogP contribution is 2.11. The van der Waals surface area contributed by atoms with Crippen molar-refractivity contribution in [2.45, 2.75) is 26.7 Å². The molecule has 0 atom stereocenters. The molecular weight excluding hydrogens is 240 g/mol. The summed E-state index contributed by atoms with van der Waals surface area (Å²) in [5.74, 6) is -0.0359. The number of aryl methyl sites for hydroxylation is 2. The van der Waals surface area contributed by atoms with Gasteiger partial charge in [-0.05, 0) is 37.0 Å². The fourth-order valence-electron chi connectivity index (χ4n) is 2.22. The number of nitrogens with zero attached hydrogens (tertiary/aromatic N) is 1. The third kappa shape index (κ3) is 3.56. The SMILES string of the molecule is Cc1ccc(CC(=O)N2CCCNC(=O)C2)cc1C. The highest BCUT2D eigenvalue weighted by Gasteiger charge is 2.19. The Morgan fingerprint density at radius 1 is 1.32 bits per heavy atom. The molecule has 1 aromatic rings. The van der Waals surface area contributed by atoms with Crippen LogP contribution in [0.2, 0.25) is 0 Å². The molecule has 1 saturated heterocycles. The number of nitrogens with one attached hydrogen (secondary N) is 1. The first-order chi connectivity index (χ1) is 9.06. The molecule has 1 N–H and O–H groups in total. The van der Waals surface area contributed by atoms with Crippen LogP contribution in [0, 0.1) is 13.8 Å². The number of carbonyl (C=O) groups is 2. The molecule has 0 spiro atoms. The molecule has 0 aliphatic carbocycles. The molecule has 19 heavy (non-hydrogen) atoms. The van der Waals surface area contributed by atoms with Crippen LogP contribution in [0.4, 0.5) is 0 Å². The van der Waals surface area contributed by atoms with E-state index in [4.69, 9.17) is 0 Å². The Morgan fingerprint density at radius 3 is 2.84 bits per heavy atom. The van der Waals surface area contributed by atoms with Gasteiger partial charge in [-0.1, -0.05) is 18.2 Å². The minimum Gasteiger partial charge on any atom is -0.354 e. The standard InChI is InChI=1S/C15H20N2O2/c1-11-4-5-13(8-12(11)2)9-15(19)17-7-3-6-16-14(18)10-17/h4-5,8H,3,6-7,9-10H2,1-2H3,(H,16,18). The van der Waals surface area contributed by atoms with E-state index < -0.39 is 0 Å². The zero-order valence-corrected chi connectivity index (χ0v) is 11.5. The maximum Gasteiger partial charge on any atom is 0.239 e. The van der Waals surface area contributed by atoms with Crippen molar-refractivity contribution < 1.29 is 9.59 Å². The minimum absolute atomic E-state index is 0.0281. The lowest BCUT2D eigenvalue weighted by Gasteiger charge is -2.19. The predicted octanol–water partition coefficient (Wildman–Crippen LogP) is 1.19. The summed E-state index contributed by atoms with van der Waals surface area (Å²) in [7, 11) is 0. The monoisotopic (exact) mass is 260 g/mol. The predicted molar refractivity (Wildman–Crippen MR) is 73.8 cm³/mol. The molecule has 0 radical (unpaired) electrons. The fourth-order valence-corrected chi connectivity index (χ4v) is 2.22. The smallest absolute Gasteiger partial charge is 0.239 e. The molecule has 4 nitrogen and oxygen atoms in total. The van der Waals surface area contributed by atoms with Crippen LogP contribution in [0.15, 0.2) is 18.2 Å². The number of benzene rings is 1. The van der Waals surface area contributed by atoms with Crippen molar-refractivity contribution in [2.24, 2.45) is 0 Å². The van der Waals surface area contributed by atoms with Crippen molar-refractivity contribution >= 4 is 11.8 Å². The largest absolute Gasteiger partial charge is 0.354 e. The molecule has 1 aliphatic heterocycles. The normalized spacial score (nSPS) is 15.9. The van der Waals surface area contributed by atoms with E-state index >= 15 is 0 Å². The second-order valence-electron chi connectivity index (χ2n) is 5.11. The van der Waals surface area contributed by atoms with Gasteiger partial charge in [0.2, 0.25) is 11.8 Å². The second-order valence-corrected chi connectivity index (χ2v) is 5.11. The first-order valence-electron chi connectivity index (χ1n) is 6.67. The van der Waals surface area contributed by atoms with Gasteiger partial charge in [0.05, 0.1) is 13.0 Å². The van der Waals surface area contributed by atoms with E-state index in [1.165, 1.54) is 11.1 Å². The van der Waals surface area contributed by atoms with Crippen LogP contribution in [-0.4, -0.2) is 36.3 Å². The van der Waals surface area contributed by atoms with Gasteiger partial charge in [0.1, 0.15) is 0 Å². The van der Waals surface area contributed by atoms with E-state index in [1.54, 1.807) is 4.90 Å². The average molecular weight is 260 g/mol. The van der Waals surface area contributed by atoms with E-state index in [9.17, 15) is 9.59 Å². The Morgan fingerprint density at radius 2 is 2.11 bits per heavy atom. The highest BCUT2D eigenvalue weighted by atomic mass is 16.2. The van der Waals surface area contributed by atoms with Gasteiger partial charge in [-0.3, -0.25) is 9.59 Å². The van der Waals surface area contributed by atoms with Crippen LogP contribution in [0.1, 0.15) is 23.1 Å². The molecule has 1 heterocycles. The van der Waals surface area contributed by atoms with Crippen LogP contribution < -0.4 is 5.32 Å². The zero-order valence-electron chi connectivity index (χ0n) is 11.5.